The van der Waals surface area contributed by atoms with Gasteiger partial charge in [0.05, 0.1) is 6.54 Å². The van der Waals surface area contributed by atoms with Crippen LogP contribution in [0.15, 0.2) is 72.0 Å². The molecule has 1 aliphatic rings. The Morgan fingerprint density at radius 3 is 2.50 bits per heavy atom. The smallest absolute Gasteiger partial charge is 0.220 e. The summed E-state index contributed by atoms with van der Waals surface area (Å²) in [5.74, 6) is 0.840. The van der Waals surface area contributed by atoms with Crippen molar-refractivity contribution in [2.45, 2.75) is 6.42 Å². The van der Waals surface area contributed by atoms with Crippen molar-refractivity contribution >= 4 is 0 Å². The number of rotatable bonds is 3. The van der Waals surface area contributed by atoms with Crippen molar-refractivity contribution in [3.8, 4) is 0 Å². The van der Waals surface area contributed by atoms with Gasteiger partial charge in [-0.15, -0.1) is 0 Å². The van der Waals surface area contributed by atoms with Gasteiger partial charge in [0.1, 0.15) is 0 Å². The molecule has 18 heavy (non-hydrogen) atoms. The molecule has 0 saturated heterocycles. The molecule has 0 amide bonds. The molecule has 0 spiro atoms. The summed E-state index contributed by atoms with van der Waals surface area (Å²) in [6.45, 7) is 4.94. The van der Waals surface area contributed by atoms with Gasteiger partial charge >= 0.3 is 5.82 Å². The van der Waals surface area contributed by atoms with Crippen LogP contribution in [0.3, 0.4) is 0 Å². The number of benzene rings is 2. The predicted octanol–water partition coefficient (Wildman–Crippen LogP) is 1.52. The summed E-state index contributed by atoms with van der Waals surface area (Å²) >= 11 is 0. The van der Waals surface area contributed by atoms with Crippen LogP contribution in [0.5, 0.6) is 0 Å². The van der Waals surface area contributed by atoms with Crippen LogP contribution in [-0.2, 0) is 6.42 Å². The number of para-hydroxylation sites is 2. The molecule has 0 bridgehead atoms. The first-order chi connectivity index (χ1) is 8.84. The summed E-state index contributed by atoms with van der Waals surface area (Å²) in [5.41, 5.74) is 1.34. The van der Waals surface area contributed by atoms with E-state index in [9.17, 15) is 0 Å². The van der Waals surface area contributed by atoms with E-state index in [1.165, 1.54) is 10.9 Å². The van der Waals surface area contributed by atoms with Gasteiger partial charge in [-0.25, -0.2) is 4.58 Å². The van der Waals surface area contributed by atoms with Crippen LogP contribution in [0.1, 0.15) is 5.56 Å². The van der Waals surface area contributed by atoms with Crippen LogP contribution in [0.4, 0.5) is 0 Å². The highest BCUT2D eigenvalue weighted by atomic mass is 15.1. The molecule has 0 radical (unpaired) electrons. The molecule has 0 aromatic heterocycles. The van der Waals surface area contributed by atoms with E-state index in [0.717, 1.165) is 24.1 Å². The van der Waals surface area contributed by atoms with Gasteiger partial charge in [0.25, 0.3) is 0 Å². The van der Waals surface area contributed by atoms with Gasteiger partial charge in [0.15, 0.2) is 5.36 Å². The Labute approximate surface area is 106 Å². The molecule has 2 heteroatoms. The van der Waals surface area contributed by atoms with Crippen molar-refractivity contribution in [3.05, 3.63) is 83.3 Å². The third-order valence-electron chi connectivity index (χ3n) is 3.20. The minimum atomic E-state index is 0.840. The molecular weight excluding hydrogens is 220 g/mol. The Bertz CT molecular complexity index is 699. The molecule has 3 rings (SSSR count). The van der Waals surface area contributed by atoms with Crippen molar-refractivity contribution in [2.75, 3.05) is 6.54 Å². The van der Waals surface area contributed by atoms with Crippen molar-refractivity contribution in [3.63, 3.8) is 0 Å². The molecule has 0 unspecified atom stereocenters. The Kier molecular flexibility index (Phi) is 2.77. The first kappa shape index (κ1) is 10.9. The van der Waals surface area contributed by atoms with Gasteiger partial charge in [-0.3, -0.25) is 0 Å². The monoisotopic (exact) mass is 235 g/mol. The molecule has 2 aromatic rings. The third-order valence-corrected chi connectivity index (χ3v) is 3.20. The normalized spacial score (nSPS) is 13.3. The van der Waals surface area contributed by atoms with Crippen molar-refractivity contribution in [2.24, 2.45) is 4.99 Å². The third kappa shape index (κ3) is 1.97. The van der Waals surface area contributed by atoms with Crippen LogP contribution in [-0.4, -0.2) is 6.54 Å². The van der Waals surface area contributed by atoms with Gasteiger partial charge in [-0.2, -0.15) is 0 Å². The number of fused-ring (bicyclic) bond motifs is 1. The van der Waals surface area contributed by atoms with Crippen LogP contribution < -0.4 is 15.3 Å². The maximum absolute atomic E-state index is 4.48. The fourth-order valence-electron chi connectivity index (χ4n) is 2.26. The standard InChI is InChI=1S/C16H15N2/c1-13-17-15-9-5-6-10-16(15)18(13)12-11-14-7-3-2-4-8-14/h2-10H,1,11-12H2/q+1. The Morgan fingerprint density at radius 2 is 1.67 bits per heavy atom. The molecule has 2 nitrogen and oxygen atoms in total. The highest BCUT2D eigenvalue weighted by Gasteiger charge is 2.17. The average molecular weight is 235 g/mol. The zero-order valence-corrected chi connectivity index (χ0v) is 10.2. The fourth-order valence-corrected chi connectivity index (χ4v) is 2.26. The fraction of sp³-hybridized carbons (Fsp3) is 0.125. The lowest BCUT2D eigenvalue weighted by molar-refractivity contribution is 0.679. The summed E-state index contributed by atoms with van der Waals surface area (Å²) < 4.78 is 2.18. The first-order valence-corrected chi connectivity index (χ1v) is 6.16. The van der Waals surface area contributed by atoms with Crippen LogP contribution >= 0.6 is 0 Å². The summed E-state index contributed by atoms with van der Waals surface area (Å²) in [6.07, 6.45) is 1.00. The summed E-state index contributed by atoms with van der Waals surface area (Å²) in [4.78, 5) is 4.48. The van der Waals surface area contributed by atoms with E-state index in [1.54, 1.807) is 0 Å². The highest BCUT2D eigenvalue weighted by molar-refractivity contribution is 5.17. The van der Waals surface area contributed by atoms with E-state index < -0.39 is 0 Å². The lowest BCUT2D eigenvalue weighted by atomic mass is 10.1. The Morgan fingerprint density at radius 1 is 0.944 bits per heavy atom. The van der Waals surface area contributed by atoms with Gasteiger partial charge in [-0.1, -0.05) is 42.5 Å². The first-order valence-electron chi connectivity index (χ1n) is 6.16. The molecular formula is C16H15N2+. The second-order valence-electron chi connectivity index (χ2n) is 4.40. The summed E-state index contributed by atoms with van der Waals surface area (Å²) in [7, 11) is 0. The van der Waals surface area contributed by atoms with E-state index in [2.05, 4.69) is 46.5 Å². The lowest BCUT2D eigenvalue weighted by Crippen LogP contribution is -2.34. The molecule has 0 N–H and O–H groups in total. The molecule has 1 aliphatic heterocycles. The van der Waals surface area contributed by atoms with Crippen molar-refractivity contribution in [1.29, 1.82) is 0 Å². The SMILES string of the molecule is C=C1N=c2ccccc2=[N+]1CCc1ccccc1. The van der Waals surface area contributed by atoms with Gasteiger partial charge in [0.2, 0.25) is 5.36 Å². The molecule has 2 aromatic carbocycles. The van der Waals surface area contributed by atoms with Crippen LogP contribution in [0.25, 0.3) is 0 Å². The Hall–Kier alpha value is -2.22. The van der Waals surface area contributed by atoms with Crippen LogP contribution in [0.2, 0.25) is 0 Å². The van der Waals surface area contributed by atoms with Crippen molar-refractivity contribution < 1.29 is 0 Å². The van der Waals surface area contributed by atoms with Gasteiger partial charge < -0.3 is 0 Å². The summed E-state index contributed by atoms with van der Waals surface area (Å²) in [6, 6.07) is 18.7. The van der Waals surface area contributed by atoms with E-state index in [4.69, 9.17) is 0 Å². The zero-order valence-electron chi connectivity index (χ0n) is 10.2. The van der Waals surface area contributed by atoms with E-state index in [0.29, 0.717) is 0 Å². The van der Waals surface area contributed by atoms with E-state index in [1.807, 2.05) is 24.3 Å². The minimum Gasteiger partial charge on any atom is -0.220 e. The zero-order chi connectivity index (χ0) is 12.4. The molecule has 88 valence electrons. The van der Waals surface area contributed by atoms with Crippen LogP contribution in [0, 0.1) is 0 Å². The maximum Gasteiger partial charge on any atom is 0.317 e. The molecule has 0 saturated carbocycles. The topological polar surface area (TPSA) is 15.4 Å². The molecule has 0 aliphatic carbocycles. The maximum atomic E-state index is 4.48. The van der Waals surface area contributed by atoms with Gasteiger partial charge in [-0.05, 0) is 29.3 Å². The lowest BCUT2D eigenvalue weighted by Gasteiger charge is -2.01. The highest BCUT2D eigenvalue weighted by Crippen LogP contribution is 2.01. The number of nitrogens with zero attached hydrogens (tertiary/aromatic N) is 2. The number of hydrogen-bond donors (Lipinski definition) is 0. The van der Waals surface area contributed by atoms with E-state index in [-0.39, 0.29) is 0 Å². The molecule has 1 heterocycles. The Balaban J connectivity index is 1.91. The quantitative estimate of drug-likeness (QED) is 0.717. The minimum absolute atomic E-state index is 0.840. The molecule has 0 fully saturated rings. The van der Waals surface area contributed by atoms with E-state index >= 15 is 0 Å². The summed E-state index contributed by atoms with van der Waals surface area (Å²) in [5, 5.41) is 2.19. The molecule has 0 atom stereocenters. The number of hydrogen-bond acceptors (Lipinski definition) is 1. The van der Waals surface area contributed by atoms with Crippen molar-refractivity contribution in [1.82, 2.24) is 4.58 Å². The second-order valence-corrected chi connectivity index (χ2v) is 4.40. The predicted molar refractivity (Wildman–Crippen MR) is 72.6 cm³/mol. The average Bonchev–Trinajstić information content (AvgIpc) is 2.73. The van der Waals surface area contributed by atoms with Gasteiger partial charge in [0, 0.05) is 6.42 Å². The second kappa shape index (κ2) is 4.57. The largest absolute Gasteiger partial charge is 0.317 e.